The monoisotopic (exact) mass is 261 g/mol. The minimum Gasteiger partial charge on any atom is -0.347 e. The third-order valence-corrected chi connectivity index (χ3v) is 2.86. The fourth-order valence-electron chi connectivity index (χ4n) is 1.81. The molecule has 2 rings (SSSR count). The SMILES string of the molecule is CC(NC(=O)CCc1ccc(F)cc1)c1ncc[nH]1. The summed E-state index contributed by atoms with van der Waals surface area (Å²) in [5, 5.41) is 2.86. The van der Waals surface area contributed by atoms with E-state index in [1.165, 1.54) is 12.1 Å². The number of carbonyl (C=O) groups excluding carboxylic acids is 1. The molecule has 0 fully saturated rings. The van der Waals surface area contributed by atoms with Crippen LogP contribution in [0.15, 0.2) is 36.7 Å². The molecule has 0 radical (unpaired) electrons. The highest BCUT2D eigenvalue weighted by Gasteiger charge is 2.11. The lowest BCUT2D eigenvalue weighted by atomic mass is 10.1. The van der Waals surface area contributed by atoms with Gasteiger partial charge in [-0.15, -0.1) is 0 Å². The number of aromatic nitrogens is 2. The van der Waals surface area contributed by atoms with E-state index < -0.39 is 0 Å². The Balaban J connectivity index is 1.80. The van der Waals surface area contributed by atoms with E-state index in [0.717, 1.165) is 11.4 Å². The zero-order valence-corrected chi connectivity index (χ0v) is 10.7. The summed E-state index contributed by atoms with van der Waals surface area (Å²) in [6.07, 6.45) is 4.33. The number of nitrogens with zero attached hydrogens (tertiary/aromatic N) is 1. The minimum atomic E-state index is -0.264. The van der Waals surface area contributed by atoms with E-state index in [4.69, 9.17) is 0 Å². The van der Waals surface area contributed by atoms with Crippen LogP contribution in [0.2, 0.25) is 0 Å². The Labute approximate surface area is 111 Å². The predicted molar refractivity (Wildman–Crippen MR) is 69.9 cm³/mol. The summed E-state index contributed by atoms with van der Waals surface area (Å²) >= 11 is 0. The average Bonchev–Trinajstić information content (AvgIpc) is 2.92. The molecule has 5 heteroatoms. The lowest BCUT2D eigenvalue weighted by Gasteiger charge is -2.11. The van der Waals surface area contributed by atoms with Gasteiger partial charge in [-0.2, -0.15) is 0 Å². The maximum atomic E-state index is 12.7. The molecule has 1 heterocycles. The third-order valence-electron chi connectivity index (χ3n) is 2.86. The molecule has 1 aromatic carbocycles. The Morgan fingerprint density at radius 3 is 2.79 bits per heavy atom. The number of rotatable bonds is 5. The number of aromatic amines is 1. The van der Waals surface area contributed by atoms with Gasteiger partial charge in [0, 0.05) is 18.8 Å². The molecule has 19 heavy (non-hydrogen) atoms. The van der Waals surface area contributed by atoms with Gasteiger partial charge in [-0.25, -0.2) is 9.37 Å². The van der Waals surface area contributed by atoms with Crippen molar-refractivity contribution in [3.8, 4) is 0 Å². The van der Waals surface area contributed by atoms with E-state index in [1.807, 2.05) is 6.92 Å². The Morgan fingerprint density at radius 2 is 2.16 bits per heavy atom. The molecule has 4 nitrogen and oxygen atoms in total. The maximum Gasteiger partial charge on any atom is 0.220 e. The van der Waals surface area contributed by atoms with Gasteiger partial charge in [-0.3, -0.25) is 4.79 Å². The number of H-pyrrole nitrogens is 1. The van der Waals surface area contributed by atoms with Crippen molar-refractivity contribution < 1.29 is 9.18 Å². The Hall–Kier alpha value is -2.17. The molecule has 0 aliphatic heterocycles. The first-order valence-corrected chi connectivity index (χ1v) is 6.18. The van der Waals surface area contributed by atoms with E-state index in [2.05, 4.69) is 15.3 Å². The van der Waals surface area contributed by atoms with Crippen LogP contribution in [-0.4, -0.2) is 15.9 Å². The molecule has 0 spiro atoms. The summed E-state index contributed by atoms with van der Waals surface area (Å²) in [4.78, 5) is 18.8. The van der Waals surface area contributed by atoms with Gasteiger partial charge in [0.1, 0.15) is 11.6 Å². The van der Waals surface area contributed by atoms with E-state index in [9.17, 15) is 9.18 Å². The molecule has 0 saturated heterocycles. The van der Waals surface area contributed by atoms with E-state index in [1.54, 1.807) is 24.5 Å². The van der Waals surface area contributed by atoms with Crippen molar-refractivity contribution in [3.63, 3.8) is 0 Å². The number of amides is 1. The molecule has 2 N–H and O–H groups in total. The summed E-state index contributed by atoms with van der Waals surface area (Å²) in [5.41, 5.74) is 0.946. The second-order valence-corrected chi connectivity index (χ2v) is 4.39. The van der Waals surface area contributed by atoms with Crippen LogP contribution in [0.5, 0.6) is 0 Å². The van der Waals surface area contributed by atoms with Crippen LogP contribution in [0.3, 0.4) is 0 Å². The van der Waals surface area contributed by atoms with Crippen LogP contribution in [0.4, 0.5) is 4.39 Å². The quantitative estimate of drug-likeness (QED) is 0.868. The van der Waals surface area contributed by atoms with Crippen molar-refractivity contribution in [1.82, 2.24) is 15.3 Å². The number of hydrogen-bond acceptors (Lipinski definition) is 2. The molecule has 1 aromatic heterocycles. The van der Waals surface area contributed by atoms with Crippen LogP contribution in [0.25, 0.3) is 0 Å². The maximum absolute atomic E-state index is 12.7. The van der Waals surface area contributed by atoms with Crippen molar-refractivity contribution in [3.05, 3.63) is 53.9 Å². The standard InChI is InChI=1S/C14H16FN3O/c1-10(14-16-8-9-17-14)18-13(19)7-4-11-2-5-12(15)6-3-11/h2-3,5-6,8-10H,4,7H2,1H3,(H,16,17)(H,18,19). The van der Waals surface area contributed by atoms with Crippen LogP contribution in [0, 0.1) is 5.82 Å². The molecule has 100 valence electrons. The molecule has 2 aromatic rings. The first-order chi connectivity index (χ1) is 9.15. The largest absolute Gasteiger partial charge is 0.347 e. The highest BCUT2D eigenvalue weighted by Crippen LogP contribution is 2.08. The van der Waals surface area contributed by atoms with Crippen LogP contribution >= 0.6 is 0 Å². The summed E-state index contributed by atoms with van der Waals surface area (Å²) in [5.74, 6) is 0.419. The van der Waals surface area contributed by atoms with Gasteiger partial charge in [0.05, 0.1) is 6.04 Å². The zero-order valence-electron chi connectivity index (χ0n) is 10.7. The Morgan fingerprint density at radius 1 is 1.42 bits per heavy atom. The fraction of sp³-hybridized carbons (Fsp3) is 0.286. The second kappa shape index (κ2) is 6.13. The normalized spacial score (nSPS) is 12.1. The van der Waals surface area contributed by atoms with Gasteiger partial charge < -0.3 is 10.3 Å². The predicted octanol–water partition coefficient (Wildman–Crippen LogP) is 2.36. The van der Waals surface area contributed by atoms with Crippen molar-refractivity contribution in [1.29, 1.82) is 0 Å². The lowest BCUT2D eigenvalue weighted by molar-refractivity contribution is -0.121. The molecule has 0 aliphatic rings. The second-order valence-electron chi connectivity index (χ2n) is 4.39. The molecule has 0 aliphatic carbocycles. The van der Waals surface area contributed by atoms with Crippen molar-refractivity contribution in [2.24, 2.45) is 0 Å². The average molecular weight is 261 g/mol. The number of nitrogens with one attached hydrogen (secondary N) is 2. The smallest absolute Gasteiger partial charge is 0.220 e. The summed E-state index contributed by atoms with van der Waals surface area (Å²) in [6.45, 7) is 1.87. The number of imidazole rings is 1. The van der Waals surface area contributed by atoms with Gasteiger partial charge in [0.2, 0.25) is 5.91 Å². The van der Waals surface area contributed by atoms with E-state index in [0.29, 0.717) is 12.8 Å². The van der Waals surface area contributed by atoms with Gasteiger partial charge in [-0.05, 0) is 31.0 Å². The molecule has 1 amide bonds. The number of benzene rings is 1. The van der Waals surface area contributed by atoms with Gasteiger partial charge in [-0.1, -0.05) is 12.1 Å². The first-order valence-electron chi connectivity index (χ1n) is 6.18. The molecular weight excluding hydrogens is 245 g/mol. The van der Waals surface area contributed by atoms with Crippen molar-refractivity contribution >= 4 is 5.91 Å². The molecule has 1 atom stereocenters. The number of carbonyl (C=O) groups is 1. The van der Waals surface area contributed by atoms with Gasteiger partial charge in [0.25, 0.3) is 0 Å². The Kier molecular flexibility index (Phi) is 4.28. The first kappa shape index (κ1) is 13.3. The van der Waals surface area contributed by atoms with Crippen LogP contribution in [-0.2, 0) is 11.2 Å². The van der Waals surface area contributed by atoms with Crippen molar-refractivity contribution in [2.75, 3.05) is 0 Å². The topological polar surface area (TPSA) is 57.8 Å². The third kappa shape index (κ3) is 3.91. The molecule has 0 bridgehead atoms. The zero-order chi connectivity index (χ0) is 13.7. The molecule has 1 unspecified atom stereocenters. The van der Waals surface area contributed by atoms with Gasteiger partial charge >= 0.3 is 0 Å². The lowest BCUT2D eigenvalue weighted by Crippen LogP contribution is -2.27. The summed E-state index contributed by atoms with van der Waals surface area (Å²) < 4.78 is 12.7. The molecular formula is C14H16FN3O. The Bertz CT molecular complexity index is 522. The van der Waals surface area contributed by atoms with E-state index in [-0.39, 0.29) is 17.8 Å². The fourth-order valence-corrected chi connectivity index (χ4v) is 1.81. The van der Waals surface area contributed by atoms with E-state index >= 15 is 0 Å². The highest BCUT2D eigenvalue weighted by atomic mass is 19.1. The summed E-state index contributed by atoms with van der Waals surface area (Å²) in [6, 6.07) is 6.05. The number of hydrogen-bond donors (Lipinski definition) is 2. The van der Waals surface area contributed by atoms with Crippen LogP contribution < -0.4 is 5.32 Å². The minimum absolute atomic E-state index is 0.0479. The number of aryl methyl sites for hydroxylation is 1. The highest BCUT2D eigenvalue weighted by molar-refractivity contribution is 5.76. The molecule has 0 saturated carbocycles. The van der Waals surface area contributed by atoms with Crippen molar-refractivity contribution in [2.45, 2.75) is 25.8 Å². The number of halogens is 1. The van der Waals surface area contributed by atoms with Gasteiger partial charge in [0.15, 0.2) is 0 Å². The van der Waals surface area contributed by atoms with Crippen LogP contribution in [0.1, 0.15) is 30.8 Å². The summed E-state index contributed by atoms with van der Waals surface area (Å²) in [7, 11) is 0.